The number of para-hydroxylation sites is 4. The highest BCUT2D eigenvalue weighted by molar-refractivity contribution is 6.16. The van der Waals surface area contributed by atoms with Gasteiger partial charge in [-0.05, 0) is 94.0 Å². The van der Waals surface area contributed by atoms with E-state index in [1.54, 1.807) is 0 Å². The molecule has 12 aromatic rings. The minimum atomic E-state index is 0.685. The van der Waals surface area contributed by atoms with Crippen LogP contribution in [0.3, 0.4) is 0 Å². The molecule has 3 heterocycles. The molecule has 62 heavy (non-hydrogen) atoms. The van der Waals surface area contributed by atoms with Crippen molar-refractivity contribution in [1.29, 1.82) is 0 Å². The molecule has 3 aromatic heterocycles. The lowest BCUT2D eigenvalue weighted by molar-refractivity contribution is 1.15. The molecule has 0 bridgehead atoms. The van der Waals surface area contributed by atoms with Crippen LogP contribution in [0.25, 0.3) is 111 Å². The number of hydrogen-bond acceptors (Lipinski definition) is 2. The quantitative estimate of drug-likeness (QED) is 0.161. The van der Waals surface area contributed by atoms with Gasteiger partial charge < -0.3 is 9.13 Å². The van der Waals surface area contributed by atoms with Crippen molar-refractivity contribution >= 4 is 43.7 Å². The van der Waals surface area contributed by atoms with E-state index in [2.05, 4.69) is 240 Å². The summed E-state index contributed by atoms with van der Waals surface area (Å²) in [7, 11) is 0. The zero-order valence-electron chi connectivity index (χ0n) is 33.7. The Hall–Kier alpha value is -8.34. The van der Waals surface area contributed by atoms with E-state index in [0.29, 0.717) is 5.82 Å². The van der Waals surface area contributed by atoms with E-state index >= 15 is 0 Å². The molecule has 12 rings (SSSR count). The number of aromatic nitrogens is 4. The van der Waals surface area contributed by atoms with Gasteiger partial charge in [-0.2, -0.15) is 0 Å². The molecule has 0 spiro atoms. The smallest absolute Gasteiger partial charge is 0.160 e. The van der Waals surface area contributed by atoms with E-state index in [9.17, 15) is 0 Å². The lowest BCUT2D eigenvalue weighted by Gasteiger charge is -2.13. The van der Waals surface area contributed by atoms with Crippen molar-refractivity contribution in [3.8, 4) is 67.4 Å². The molecule has 0 saturated heterocycles. The predicted octanol–water partition coefficient (Wildman–Crippen LogP) is 15.0. The van der Waals surface area contributed by atoms with Crippen molar-refractivity contribution in [2.24, 2.45) is 0 Å². The highest BCUT2D eigenvalue weighted by atomic mass is 15.0. The van der Waals surface area contributed by atoms with Gasteiger partial charge in [0, 0.05) is 38.7 Å². The van der Waals surface area contributed by atoms with Crippen molar-refractivity contribution in [3.05, 3.63) is 231 Å². The highest BCUT2D eigenvalue weighted by Gasteiger charge is 2.22. The molecule has 0 fully saturated rings. The second-order valence-corrected chi connectivity index (χ2v) is 15.8. The molecule has 4 heteroatoms. The molecular weight excluding hydrogens is 753 g/mol. The van der Waals surface area contributed by atoms with Crippen molar-refractivity contribution in [1.82, 2.24) is 19.1 Å². The van der Waals surface area contributed by atoms with Crippen LogP contribution in [0.15, 0.2) is 231 Å². The van der Waals surface area contributed by atoms with E-state index in [1.807, 2.05) is 0 Å². The third-order valence-corrected chi connectivity index (χ3v) is 12.1. The minimum absolute atomic E-state index is 0.685. The fourth-order valence-electron chi connectivity index (χ4n) is 9.32. The first kappa shape index (κ1) is 35.6. The standard InChI is InChI=1S/C58H38N4/c1-4-18-39(19-5-1)40-20-15-24-44(37-40)55-57-56(50-31-11-13-34-52(50)62(57)47-28-8-3-9-29-47)60-58(59-55)45-25-16-22-42(38-45)41-21-14-23-43(36-41)48-32-17-35-53-54(48)49-30-10-12-33-51(49)61(53)46-26-6-2-7-27-46/h1-38H. The number of rotatable bonds is 7. The Morgan fingerprint density at radius 1 is 0.306 bits per heavy atom. The summed E-state index contributed by atoms with van der Waals surface area (Å²) in [5.74, 6) is 0.685. The fraction of sp³-hybridized carbons (Fsp3) is 0. The van der Waals surface area contributed by atoms with Crippen molar-refractivity contribution < 1.29 is 0 Å². The number of benzene rings is 9. The van der Waals surface area contributed by atoms with Gasteiger partial charge in [0.05, 0.1) is 27.8 Å². The molecule has 4 nitrogen and oxygen atoms in total. The van der Waals surface area contributed by atoms with Crippen LogP contribution in [0.1, 0.15) is 0 Å². The van der Waals surface area contributed by atoms with Crippen molar-refractivity contribution in [2.75, 3.05) is 0 Å². The largest absolute Gasteiger partial charge is 0.309 e. The van der Waals surface area contributed by atoms with Gasteiger partial charge in [-0.25, -0.2) is 9.97 Å². The summed E-state index contributed by atoms with van der Waals surface area (Å²) >= 11 is 0. The third kappa shape index (κ3) is 5.92. The summed E-state index contributed by atoms with van der Waals surface area (Å²) in [6.45, 7) is 0. The molecule has 0 aliphatic rings. The van der Waals surface area contributed by atoms with Gasteiger partial charge in [-0.3, -0.25) is 0 Å². The van der Waals surface area contributed by atoms with Gasteiger partial charge in [0.25, 0.3) is 0 Å². The first-order valence-corrected chi connectivity index (χ1v) is 21.1. The Morgan fingerprint density at radius 2 is 0.774 bits per heavy atom. The molecule has 0 N–H and O–H groups in total. The summed E-state index contributed by atoms with van der Waals surface area (Å²) in [5, 5.41) is 3.57. The van der Waals surface area contributed by atoms with E-state index in [-0.39, 0.29) is 0 Å². The molecule has 290 valence electrons. The summed E-state index contributed by atoms with van der Waals surface area (Å²) in [6, 6.07) is 82.0. The number of fused-ring (bicyclic) bond motifs is 6. The summed E-state index contributed by atoms with van der Waals surface area (Å²) in [6.07, 6.45) is 0. The van der Waals surface area contributed by atoms with Crippen molar-refractivity contribution in [2.45, 2.75) is 0 Å². The third-order valence-electron chi connectivity index (χ3n) is 12.1. The van der Waals surface area contributed by atoms with Crippen LogP contribution in [0.5, 0.6) is 0 Å². The number of hydrogen-bond donors (Lipinski definition) is 0. The van der Waals surface area contributed by atoms with Crippen LogP contribution in [0.2, 0.25) is 0 Å². The second-order valence-electron chi connectivity index (χ2n) is 15.8. The zero-order valence-corrected chi connectivity index (χ0v) is 33.7. The van der Waals surface area contributed by atoms with E-state index in [0.717, 1.165) is 72.4 Å². The SMILES string of the molecule is c1ccc(-c2cccc(-c3nc(-c4cccc(-c5cccc(-c6cccc7c6c6ccccc6n7-c6ccccc6)c5)c4)nc4c5ccccc5n(-c5ccccc5)c34)c2)cc1. The van der Waals surface area contributed by atoms with Crippen LogP contribution in [0.4, 0.5) is 0 Å². The van der Waals surface area contributed by atoms with Gasteiger partial charge >= 0.3 is 0 Å². The van der Waals surface area contributed by atoms with Gasteiger partial charge in [-0.15, -0.1) is 0 Å². The van der Waals surface area contributed by atoms with Gasteiger partial charge in [0.15, 0.2) is 5.82 Å². The highest BCUT2D eigenvalue weighted by Crippen LogP contribution is 2.41. The van der Waals surface area contributed by atoms with Crippen LogP contribution < -0.4 is 0 Å². The normalized spacial score (nSPS) is 11.5. The summed E-state index contributed by atoms with van der Waals surface area (Å²) in [4.78, 5) is 11.0. The predicted molar refractivity (Wildman–Crippen MR) is 258 cm³/mol. The lowest BCUT2D eigenvalue weighted by atomic mass is 9.95. The first-order chi connectivity index (χ1) is 30.8. The molecule has 0 radical (unpaired) electrons. The van der Waals surface area contributed by atoms with Crippen LogP contribution in [-0.4, -0.2) is 19.1 Å². The van der Waals surface area contributed by atoms with Crippen molar-refractivity contribution in [3.63, 3.8) is 0 Å². The molecule has 0 aliphatic heterocycles. The number of nitrogens with zero attached hydrogens (tertiary/aromatic N) is 4. The first-order valence-electron chi connectivity index (χ1n) is 21.1. The molecule has 0 saturated carbocycles. The lowest BCUT2D eigenvalue weighted by Crippen LogP contribution is -2.00. The van der Waals surface area contributed by atoms with E-state index in [4.69, 9.17) is 9.97 Å². The molecule has 0 amide bonds. The zero-order chi connectivity index (χ0) is 41.0. The Kier molecular flexibility index (Phi) is 8.46. The summed E-state index contributed by atoms with van der Waals surface area (Å²) in [5.41, 5.74) is 17.4. The Labute approximate surface area is 359 Å². The van der Waals surface area contributed by atoms with E-state index < -0.39 is 0 Å². The Bertz CT molecular complexity index is 3620. The Balaban J connectivity index is 1.03. The molecule has 0 atom stereocenters. The Morgan fingerprint density at radius 3 is 1.48 bits per heavy atom. The maximum atomic E-state index is 5.51. The van der Waals surface area contributed by atoms with E-state index in [1.165, 1.54) is 32.9 Å². The van der Waals surface area contributed by atoms with Gasteiger partial charge in [-0.1, -0.05) is 170 Å². The maximum absolute atomic E-state index is 5.51. The molecule has 0 aliphatic carbocycles. The molecule has 0 unspecified atom stereocenters. The van der Waals surface area contributed by atoms with Crippen LogP contribution in [0, 0.1) is 0 Å². The molecule has 9 aromatic carbocycles. The van der Waals surface area contributed by atoms with Crippen LogP contribution in [-0.2, 0) is 0 Å². The summed E-state index contributed by atoms with van der Waals surface area (Å²) < 4.78 is 4.69. The van der Waals surface area contributed by atoms with Crippen LogP contribution >= 0.6 is 0 Å². The monoisotopic (exact) mass is 790 g/mol. The maximum Gasteiger partial charge on any atom is 0.160 e. The average molecular weight is 791 g/mol. The van der Waals surface area contributed by atoms with Gasteiger partial charge in [0.2, 0.25) is 0 Å². The molecular formula is C58H38N4. The average Bonchev–Trinajstić information content (AvgIpc) is 3.88. The minimum Gasteiger partial charge on any atom is -0.309 e. The topological polar surface area (TPSA) is 35.6 Å². The second kappa shape index (κ2) is 14.7. The van der Waals surface area contributed by atoms with Gasteiger partial charge in [0.1, 0.15) is 5.52 Å². The fourth-order valence-corrected chi connectivity index (χ4v) is 9.32.